The lowest BCUT2D eigenvalue weighted by molar-refractivity contribution is 0.302. The summed E-state index contributed by atoms with van der Waals surface area (Å²) in [7, 11) is -1.52. The van der Waals surface area contributed by atoms with Crippen LogP contribution in [0, 0.1) is 0 Å². The predicted molar refractivity (Wildman–Crippen MR) is 85.8 cm³/mol. The molecule has 0 radical (unpaired) electrons. The quantitative estimate of drug-likeness (QED) is 0.324. The SMILES string of the molecule is CCCCCCCC[Si](OCC)(C(C)C)C(C)C. The Labute approximate surface area is 117 Å². The predicted octanol–water partition coefficient (Wildman–Crippen LogP) is 6.15. The highest BCUT2D eigenvalue weighted by molar-refractivity contribution is 6.76. The first-order chi connectivity index (χ1) is 8.51. The van der Waals surface area contributed by atoms with Gasteiger partial charge in [-0.25, -0.2) is 0 Å². The van der Waals surface area contributed by atoms with Crippen LogP contribution in [0.5, 0.6) is 0 Å². The molecule has 0 aromatic heterocycles. The summed E-state index contributed by atoms with van der Waals surface area (Å²) in [6.07, 6.45) is 8.37. The van der Waals surface area contributed by atoms with Gasteiger partial charge in [0.25, 0.3) is 0 Å². The highest BCUT2D eigenvalue weighted by Gasteiger charge is 2.40. The summed E-state index contributed by atoms with van der Waals surface area (Å²) >= 11 is 0. The fourth-order valence-corrected chi connectivity index (χ4v) is 7.74. The van der Waals surface area contributed by atoms with Crippen LogP contribution >= 0.6 is 0 Å². The van der Waals surface area contributed by atoms with Gasteiger partial charge >= 0.3 is 0 Å². The molecule has 18 heavy (non-hydrogen) atoms. The molecule has 2 heteroatoms. The van der Waals surface area contributed by atoms with Crippen LogP contribution in [0.15, 0.2) is 0 Å². The maximum atomic E-state index is 6.32. The Morgan fingerprint density at radius 1 is 0.778 bits per heavy atom. The second kappa shape index (κ2) is 10.0. The molecule has 0 rings (SSSR count). The molecule has 110 valence electrons. The van der Waals surface area contributed by atoms with Crippen molar-refractivity contribution in [3.8, 4) is 0 Å². The molecule has 0 heterocycles. The van der Waals surface area contributed by atoms with Crippen LogP contribution in [-0.4, -0.2) is 14.9 Å². The van der Waals surface area contributed by atoms with Crippen molar-refractivity contribution < 1.29 is 4.43 Å². The lowest BCUT2D eigenvalue weighted by Crippen LogP contribution is -2.44. The topological polar surface area (TPSA) is 9.23 Å². The standard InChI is InChI=1S/C16H36OSi/c1-7-9-10-11-12-13-14-18(15(3)4,16(5)6)17-8-2/h15-16H,7-14H2,1-6H3. The lowest BCUT2D eigenvalue weighted by Gasteiger charge is -2.38. The average molecular weight is 273 g/mol. The molecule has 0 saturated carbocycles. The molecule has 0 aliphatic heterocycles. The summed E-state index contributed by atoms with van der Waals surface area (Å²) in [5, 5.41) is 0. The first-order valence-corrected chi connectivity index (χ1v) is 10.4. The maximum absolute atomic E-state index is 6.32. The smallest absolute Gasteiger partial charge is 0.197 e. The minimum Gasteiger partial charge on any atom is -0.417 e. The van der Waals surface area contributed by atoms with E-state index in [1.807, 2.05) is 0 Å². The van der Waals surface area contributed by atoms with E-state index in [2.05, 4.69) is 41.5 Å². The van der Waals surface area contributed by atoms with Crippen LogP contribution in [0.4, 0.5) is 0 Å². The normalized spacial score (nSPS) is 12.7. The third kappa shape index (κ3) is 5.88. The Bertz CT molecular complexity index is 182. The zero-order chi connectivity index (χ0) is 14.0. The van der Waals surface area contributed by atoms with Crippen LogP contribution in [0.2, 0.25) is 17.1 Å². The number of hydrogen-bond acceptors (Lipinski definition) is 1. The minimum absolute atomic E-state index is 0.744. The zero-order valence-electron chi connectivity index (χ0n) is 13.7. The van der Waals surface area contributed by atoms with Gasteiger partial charge in [0.1, 0.15) is 0 Å². The first-order valence-electron chi connectivity index (χ1n) is 8.15. The Balaban J connectivity index is 4.16. The van der Waals surface area contributed by atoms with Crippen molar-refractivity contribution in [1.29, 1.82) is 0 Å². The largest absolute Gasteiger partial charge is 0.417 e. The highest BCUT2D eigenvalue weighted by atomic mass is 28.4. The zero-order valence-corrected chi connectivity index (χ0v) is 14.7. The summed E-state index contributed by atoms with van der Waals surface area (Å²) in [6.45, 7) is 14.8. The fourth-order valence-electron chi connectivity index (χ4n) is 3.10. The van der Waals surface area contributed by atoms with Crippen molar-refractivity contribution in [2.75, 3.05) is 6.61 Å². The molecule has 0 atom stereocenters. The molecule has 0 aromatic rings. The van der Waals surface area contributed by atoms with E-state index in [-0.39, 0.29) is 0 Å². The summed E-state index contributed by atoms with van der Waals surface area (Å²) in [5.74, 6) is 0. The molecular weight excluding hydrogens is 236 g/mol. The minimum atomic E-state index is -1.52. The van der Waals surface area contributed by atoms with Crippen molar-refractivity contribution in [3.63, 3.8) is 0 Å². The lowest BCUT2D eigenvalue weighted by atomic mass is 10.1. The molecule has 0 saturated heterocycles. The van der Waals surface area contributed by atoms with Crippen molar-refractivity contribution in [2.24, 2.45) is 0 Å². The van der Waals surface area contributed by atoms with E-state index in [0.717, 1.165) is 17.7 Å². The second-order valence-corrected chi connectivity index (χ2v) is 11.2. The van der Waals surface area contributed by atoms with E-state index >= 15 is 0 Å². The summed E-state index contributed by atoms with van der Waals surface area (Å²) in [6, 6.07) is 1.36. The Morgan fingerprint density at radius 2 is 1.28 bits per heavy atom. The third-order valence-corrected chi connectivity index (χ3v) is 10.2. The number of hydrogen-bond donors (Lipinski definition) is 0. The Kier molecular flexibility index (Phi) is 10.1. The van der Waals surface area contributed by atoms with Gasteiger partial charge < -0.3 is 4.43 Å². The van der Waals surface area contributed by atoms with Crippen molar-refractivity contribution >= 4 is 8.32 Å². The van der Waals surface area contributed by atoms with Gasteiger partial charge in [0.05, 0.1) is 0 Å². The van der Waals surface area contributed by atoms with Gasteiger partial charge in [0.2, 0.25) is 0 Å². The van der Waals surface area contributed by atoms with Gasteiger partial charge in [0.15, 0.2) is 8.32 Å². The average Bonchev–Trinajstić information content (AvgIpc) is 2.31. The third-order valence-electron chi connectivity index (χ3n) is 4.29. The molecule has 0 N–H and O–H groups in total. The molecule has 0 unspecified atom stereocenters. The molecule has 0 bridgehead atoms. The van der Waals surface area contributed by atoms with Crippen LogP contribution in [0.1, 0.15) is 80.1 Å². The summed E-state index contributed by atoms with van der Waals surface area (Å²) in [4.78, 5) is 0. The molecule has 1 nitrogen and oxygen atoms in total. The van der Waals surface area contributed by atoms with Gasteiger partial charge in [-0.05, 0) is 24.1 Å². The van der Waals surface area contributed by atoms with E-state index in [1.165, 1.54) is 44.6 Å². The highest BCUT2D eigenvalue weighted by Crippen LogP contribution is 2.38. The molecular formula is C16H36OSi. The molecule has 0 amide bonds. The van der Waals surface area contributed by atoms with Crippen LogP contribution in [-0.2, 0) is 4.43 Å². The molecule has 0 aliphatic rings. The second-order valence-electron chi connectivity index (χ2n) is 6.22. The van der Waals surface area contributed by atoms with Gasteiger partial charge in [-0.2, -0.15) is 0 Å². The van der Waals surface area contributed by atoms with Gasteiger partial charge in [-0.15, -0.1) is 0 Å². The van der Waals surface area contributed by atoms with Crippen LogP contribution in [0.3, 0.4) is 0 Å². The van der Waals surface area contributed by atoms with E-state index in [4.69, 9.17) is 4.43 Å². The van der Waals surface area contributed by atoms with Crippen molar-refractivity contribution in [2.45, 2.75) is 97.2 Å². The number of rotatable bonds is 11. The van der Waals surface area contributed by atoms with E-state index < -0.39 is 8.32 Å². The fraction of sp³-hybridized carbons (Fsp3) is 1.00. The van der Waals surface area contributed by atoms with Crippen LogP contribution in [0.25, 0.3) is 0 Å². The summed E-state index contributed by atoms with van der Waals surface area (Å²) in [5.41, 5.74) is 1.49. The van der Waals surface area contributed by atoms with Crippen molar-refractivity contribution in [1.82, 2.24) is 0 Å². The maximum Gasteiger partial charge on any atom is 0.197 e. The molecule has 0 aromatic carbocycles. The van der Waals surface area contributed by atoms with Gasteiger partial charge in [-0.1, -0.05) is 73.1 Å². The first kappa shape index (κ1) is 18.2. The van der Waals surface area contributed by atoms with E-state index in [9.17, 15) is 0 Å². The monoisotopic (exact) mass is 272 g/mol. The molecule has 0 spiro atoms. The van der Waals surface area contributed by atoms with E-state index in [1.54, 1.807) is 0 Å². The number of unbranched alkanes of at least 4 members (excludes halogenated alkanes) is 5. The van der Waals surface area contributed by atoms with E-state index in [0.29, 0.717) is 0 Å². The Hall–Kier alpha value is 0.177. The van der Waals surface area contributed by atoms with Gasteiger partial charge in [0, 0.05) is 6.61 Å². The molecule has 0 aliphatic carbocycles. The van der Waals surface area contributed by atoms with Crippen molar-refractivity contribution in [3.05, 3.63) is 0 Å². The summed E-state index contributed by atoms with van der Waals surface area (Å²) < 4.78 is 6.32. The molecule has 0 fully saturated rings. The van der Waals surface area contributed by atoms with Crippen LogP contribution < -0.4 is 0 Å². The Morgan fingerprint density at radius 3 is 1.72 bits per heavy atom. The van der Waals surface area contributed by atoms with Gasteiger partial charge in [-0.3, -0.25) is 0 Å².